The van der Waals surface area contributed by atoms with E-state index in [0.29, 0.717) is 37.6 Å². The summed E-state index contributed by atoms with van der Waals surface area (Å²) in [5, 5.41) is 0. The van der Waals surface area contributed by atoms with E-state index in [0.717, 1.165) is 12.3 Å². The number of aromatic amines is 1. The minimum atomic E-state index is -4.36. The van der Waals surface area contributed by atoms with Gasteiger partial charge in [-0.25, -0.2) is 4.98 Å². The van der Waals surface area contributed by atoms with Crippen LogP contribution < -0.4 is 9.88 Å². The number of aromatic nitrogens is 2. The first kappa shape index (κ1) is 16.2. The Labute approximate surface area is 136 Å². The molecule has 3 heterocycles. The molecule has 126 valence electrons. The lowest BCUT2D eigenvalue weighted by atomic mass is 10.2. The highest BCUT2D eigenvalue weighted by atomic mass is 19.4. The summed E-state index contributed by atoms with van der Waals surface area (Å²) in [6.45, 7) is 2.10. The molecule has 1 N–H and O–H groups in total. The monoisotopic (exact) mass is 337 g/mol. The Morgan fingerprint density at radius 1 is 1.12 bits per heavy atom. The molecule has 1 aliphatic heterocycles. The minimum Gasteiger partial charge on any atom is -0.331 e. The fraction of sp³-hybridized carbons (Fsp3) is 0.312. The van der Waals surface area contributed by atoms with Crippen molar-refractivity contribution in [1.29, 1.82) is 0 Å². The lowest BCUT2D eigenvalue weighted by Gasteiger charge is -2.31. The quantitative estimate of drug-likeness (QED) is 0.841. The molecule has 0 unspecified atom stereocenters. The van der Waals surface area contributed by atoms with E-state index in [1.54, 1.807) is 23.2 Å². The molecule has 0 aliphatic carbocycles. The van der Waals surface area contributed by atoms with E-state index in [4.69, 9.17) is 0 Å². The zero-order valence-electron chi connectivity index (χ0n) is 12.8. The Balaban J connectivity index is 1.62. The molecule has 0 radical (unpaired) electrons. The normalized spacial score (nSPS) is 15.5. The molecule has 5 nitrogen and oxygen atoms in total. The van der Waals surface area contributed by atoms with Crippen LogP contribution in [0.15, 0.2) is 42.9 Å². The van der Waals surface area contributed by atoms with Crippen LogP contribution in [0.1, 0.15) is 15.9 Å². The van der Waals surface area contributed by atoms with Crippen LogP contribution in [0.2, 0.25) is 0 Å². The maximum Gasteiger partial charge on any atom is 0.419 e. The van der Waals surface area contributed by atoms with Crippen molar-refractivity contribution in [2.24, 2.45) is 0 Å². The van der Waals surface area contributed by atoms with Crippen molar-refractivity contribution in [3.8, 4) is 0 Å². The van der Waals surface area contributed by atoms with Crippen LogP contribution >= 0.6 is 0 Å². The largest absolute Gasteiger partial charge is 0.419 e. The third-order valence-corrected chi connectivity index (χ3v) is 3.94. The maximum atomic E-state index is 12.6. The number of H-pyrrole nitrogens is 1. The molecular weight excluding hydrogens is 321 g/mol. The molecule has 24 heavy (non-hydrogen) atoms. The summed E-state index contributed by atoms with van der Waals surface area (Å²) < 4.78 is 37.7. The zero-order chi connectivity index (χ0) is 17.2. The standard InChI is InChI=1S/C16H15F3N4O/c17-16(18,19)13-3-4-14(21-11-13)22-6-8-23(9-7-22)15(24)12-2-1-5-20-10-12/h1-5,10-11H,6-9H2/p+1. The molecule has 1 aliphatic rings. The number of nitrogens with zero attached hydrogens (tertiary/aromatic N) is 3. The first-order chi connectivity index (χ1) is 11.4. The Kier molecular flexibility index (Phi) is 4.37. The predicted molar refractivity (Wildman–Crippen MR) is 80.4 cm³/mol. The second-order valence-corrected chi connectivity index (χ2v) is 5.48. The third kappa shape index (κ3) is 3.47. The lowest BCUT2D eigenvalue weighted by molar-refractivity contribution is -0.367. The van der Waals surface area contributed by atoms with Gasteiger partial charge in [0.05, 0.1) is 24.2 Å². The highest BCUT2D eigenvalue weighted by Crippen LogP contribution is 2.28. The smallest absolute Gasteiger partial charge is 0.331 e. The molecule has 8 heteroatoms. The Hall–Kier alpha value is -2.64. The van der Waals surface area contributed by atoms with E-state index < -0.39 is 11.7 Å². The molecule has 2 aromatic rings. The summed E-state index contributed by atoms with van der Waals surface area (Å²) in [7, 11) is 0. The number of amides is 1. The first-order valence-electron chi connectivity index (χ1n) is 7.48. The van der Waals surface area contributed by atoms with Gasteiger partial charge in [0.15, 0.2) is 0 Å². The van der Waals surface area contributed by atoms with E-state index >= 15 is 0 Å². The van der Waals surface area contributed by atoms with Gasteiger partial charge in [-0.15, -0.1) is 0 Å². The van der Waals surface area contributed by atoms with Gasteiger partial charge in [0.1, 0.15) is 19.3 Å². The number of hydrogen-bond acceptors (Lipinski definition) is 3. The molecule has 3 rings (SSSR count). The molecule has 0 spiro atoms. The molecule has 0 bridgehead atoms. The van der Waals surface area contributed by atoms with Crippen molar-refractivity contribution in [3.63, 3.8) is 0 Å². The lowest BCUT2D eigenvalue weighted by Crippen LogP contribution is -2.50. The number of pyridine rings is 2. The van der Waals surface area contributed by atoms with Gasteiger partial charge >= 0.3 is 6.18 Å². The Bertz CT molecular complexity index is 696. The van der Waals surface area contributed by atoms with Crippen molar-refractivity contribution in [3.05, 3.63) is 54.0 Å². The first-order valence-corrected chi connectivity index (χ1v) is 7.48. The minimum absolute atomic E-state index is 0.0841. The molecule has 1 saturated heterocycles. The van der Waals surface area contributed by atoms with E-state index in [1.165, 1.54) is 12.3 Å². The van der Waals surface area contributed by atoms with Gasteiger partial charge in [-0.3, -0.25) is 14.7 Å². The summed E-state index contributed by atoms with van der Waals surface area (Å²) in [6.07, 6.45) is -0.264. The average Bonchev–Trinajstić information content (AvgIpc) is 2.61. The second-order valence-electron chi connectivity index (χ2n) is 5.48. The topological polar surface area (TPSA) is 50.6 Å². The highest BCUT2D eigenvalue weighted by molar-refractivity contribution is 5.94. The van der Waals surface area contributed by atoms with Gasteiger partial charge in [-0.05, 0) is 18.2 Å². The second kappa shape index (κ2) is 6.46. The average molecular weight is 337 g/mol. The Morgan fingerprint density at radius 2 is 1.88 bits per heavy atom. The van der Waals surface area contributed by atoms with E-state index in [2.05, 4.69) is 9.97 Å². The van der Waals surface area contributed by atoms with Crippen molar-refractivity contribution in [1.82, 2.24) is 9.88 Å². The van der Waals surface area contributed by atoms with Crippen LogP contribution in [-0.4, -0.2) is 42.0 Å². The number of carbonyl (C=O) groups is 1. The van der Waals surface area contributed by atoms with Gasteiger partial charge in [0, 0.05) is 18.5 Å². The van der Waals surface area contributed by atoms with Gasteiger partial charge in [0.25, 0.3) is 11.7 Å². The highest BCUT2D eigenvalue weighted by Gasteiger charge is 2.33. The summed E-state index contributed by atoms with van der Waals surface area (Å²) >= 11 is 0. The molecule has 1 amide bonds. The fourth-order valence-corrected chi connectivity index (χ4v) is 2.61. The number of piperazine rings is 1. The van der Waals surface area contributed by atoms with Crippen LogP contribution in [0.3, 0.4) is 0 Å². The van der Waals surface area contributed by atoms with E-state index in [-0.39, 0.29) is 5.91 Å². The van der Waals surface area contributed by atoms with E-state index in [9.17, 15) is 18.0 Å². The maximum absolute atomic E-state index is 12.6. The summed E-state index contributed by atoms with van der Waals surface area (Å²) in [5.74, 6) is 0.524. The molecule has 0 atom stereocenters. The third-order valence-electron chi connectivity index (χ3n) is 3.94. The van der Waals surface area contributed by atoms with Crippen LogP contribution in [0, 0.1) is 0 Å². The molecule has 2 aromatic heterocycles. The van der Waals surface area contributed by atoms with Gasteiger partial charge in [0.2, 0.25) is 0 Å². The molecule has 0 aromatic carbocycles. The van der Waals surface area contributed by atoms with Crippen molar-refractivity contribution in [2.75, 3.05) is 31.1 Å². The SMILES string of the molecule is O=C(c1cccnc1)N1CCN(c2ccc(C(F)(F)F)c[nH+]2)CC1. The molecular formula is C16H16F3N4O+. The van der Waals surface area contributed by atoms with Crippen LogP contribution in [0.4, 0.5) is 19.0 Å². The summed E-state index contributed by atoms with van der Waals surface area (Å²) in [4.78, 5) is 22.6. The molecule has 1 fully saturated rings. The number of nitrogens with one attached hydrogen (secondary N) is 1. The number of halogens is 3. The molecule has 0 saturated carbocycles. The van der Waals surface area contributed by atoms with Crippen molar-refractivity contribution in [2.45, 2.75) is 6.18 Å². The number of carbonyl (C=O) groups excluding carboxylic acids is 1. The van der Waals surface area contributed by atoms with Crippen LogP contribution in [0.5, 0.6) is 0 Å². The van der Waals surface area contributed by atoms with Gasteiger partial charge in [-0.1, -0.05) is 0 Å². The van der Waals surface area contributed by atoms with E-state index in [1.807, 2.05) is 4.90 Å². The fourth-order valence-electron chi connectivity index (χ4n) is 2.61. The van der Waals surface area contributed by atoms with Gasteiger partial charge in [-0.2, -0.15) is 13.2 Å². The van der Waals surface area contributed by atoms with Crippen LogP contribution in [-0.2, 0) is 6.18 Å². The number of rotatable bonds is 2. The van der Waals surface area contributed by atoms with Gasteiger partial charge < -0.3 is 4.90 Å². The number of anilines is 1. The summed E-state index contributed by atoms with van der Waals surface area (Å²) in [6, 6.07) is 5.90. The summed E-state index contributed by atoms with van der Waals surface area (Å²) in [5.41, 5.74) is -0.177. The Morgan fingerprint density at radius 3 is 2.42 bits per heavy atom. The zero-order valence-corrected chi connectivity index (χ0v) is 12.8. The number of hydrogen-bond donors (Lipinski definition) is 0. The van der Waals surface area contributed by atoms with Crippen molar-refractivity contribution < 1.29 is 22.9 Å². The van der Waals surface area contributed by atoms with Crippen molar-refractivity contribution >= 4 is 11.7 Å². The number of alkyl halides is 3. The predicted octanol–water partition coefficient (Wildman–Crippen LogP) is 1.88. The van der Waals surface area contributed by atoms with Crippen LogP contribution in [0.25, 0.3) is 0 Å².